The Balaban J connectivity index is 1.42. The molecule has 0 unspecified atom stereocenters. The lowest BCUT2D eigenvalue weighted by atomic mass is 9.88. The summed E-state index contributed by atoms with van der Waals surface area (Å²) >= 11 is 0. The first kappa shape index (κ1) is 22.5. The first-order valence-electron chi connectivity index (χ1n) is 11.0. The van der Waals surface area contributed by atoms with Gasteiger partial charge < -0.3 is 10.1 Å². The summed E-state index contributed by atoms with van der Waals surface area (Å²) in [7, 11) is 0. The Morgan fingerprint density at radius 2 is 1.97 bits per heavy atom. The molecule has 0 spiro atoms. The zero-order valence-corrected chi connectivity index (χ0v) is 19.0. The van der Waals surface area contributed by atoms with Crippen LogP contribution in [0.15, 0.2) is 43.0 Å². The zero-order chi connectivity index (χ0) is 23.3. The van der Waals surface area contributed by atoms with Crippen molar-refractivity contribution in [3.8, 4) is 17.1 Å². The molecule has 3 N–H and O–H groups in total. The summed E-state index contributed by atoms with van der Waals surface area (Å²) in [6.45, 7) is 6.03. The van der Waals surface area contributed by atoms with Crippen LogP contribution in [0.4, 0.5) is 11.8 Å². The van der Waals surface area contributed by atoms with E-state index < -0.39 is 5.41 Å². The zero-order valence-electron chi connectivity index (χ0n) is 19.0. The van der Waals surface area contributed by atoms with Crippen molar-refractivity contribution in [1.29, 1.82) is 0 Å². The molecule has 0 bridgehead atoms. The molecular weight excluding hydrogens is 420 g/mol. The van der Waals surface area contributed by atoms with Crippen molar-refractivity contribution in [3.63, 3.8) is 0 Å². The molecule has 3 aromatic heterocycles. The average molecular weight is 449 g/mol. The van der Waals surface area contributed by atoms with Crippen LogP contribution in [0.25, 0.3) is 11.3 Å². The second-order valence-corrected chi connectivity index (χ2v) is 8.35. The Morgan fingerprint density at radius 1 is 1.12 bits per heavy atom. The smallest absolute Gasteiger partial charge is 0.237 e. The van der Waals surface area contributed by atoms with Gasteiger partial charge in [-0.15, -0.1) is 0 Å². The molecule has 3 heterocycles. The topological polar surface area (TPSA) is 127 Å². The van der Waals surface area contributed by atoms with Gasteiger partial charge >= 0.3 is 0 Å². The Morgan fingerprint density at radius 3 is 2.67 bits per heavy atom. The number of amides is 1. The van der Waals surface area contributed by atoms with Gasteiger partial charge in [-0.05, 0) is 51.8 Å². The van der Waals surface area contributed by atoms with Gasteiger partial charge in [0, 0.05) is 24.0 Å². The highest BCUT2D eigenvalue weighted by Crippen LogP contribution is 2.25. The number of carbonyl (C=O) groups is 1. The highest BCUT2D eigenvalue weighted by atomic mass is 16.5. The van der Waals surface area contributed by atoms with Crippen LogP contribution in [0.1, 0.15) is 45.7 Å². The van der Waals surface area contributed by atoms with Crippen molar-refractivity contribution in [1.82, 2.24) is 30.3 Å². The number of ether oxygens (including phenoxy) is 1. The molecule has 0 saturated heterocycles. The fraction of sp³-hybridized carbons (Fsp3) is 0.391. The van der Waals surface area contributed by atoms with Crippen molar-refractivity contribution in [2.24, 2.45) is 0 Å². The van der Waals surface area contributed by atoms with Gasteiger partial charge in [-0.25, -0.2) is 25.4 Å². The van der Waals surface area contributed by atoms with Crippen molar-refractivity contribution >= 4 is 17.7 Å². The molecule has 10 nitrogen and oxygen atoms in total. The molecule has 0 aromatic carbocycles. The van der Waals surface area contributed by atoms with Crippen LogP contribution in [0.3, 0.4) is 0 Å². The minimum absolute atomic E-state index is 0.225. The van der Waals surface area contributed by atoms with Crippen LogP contribution >= 0.6 is 0 Å². The van der Waals surface area contributed by atoms with Crippen molar-refractivity contribution < 1.29 is 9.53 Å². The number of nitrogens with one attached hydrogen (secondary N) is 3. The third-order valence-electron chi connectivity index (χ3n) is 5.56. The van der Waals surface area contributed by atoms with Crippen LogP contribution in [-0.2, 0) is 10.2 Å². The maximum absolute atomic E-state index is 13.1. The number of hydrogen-bond donors (Lipinski definition) is 3. The van der Waals surface area contributed by atoms with E-state index in [0.29, 0.717) is 41.7 Å². The van der Waals surface area contributed by atoms with Gasteiger partial charge in [-0.2, -0.15) is 0 Å². The number of hydrogen-bond acceptors (Lipinski definition) is 9. The van der Waals surface area contributed by atoms with E-state index in [9.17, 15) is 4.79 Å². The highest BCUT2D eigenvalue weighted by molar-refractivity contribution is 5.97. The Kier molecular flexibility index (Phi) is 6.74. The highest BCUT2D eigenvalue weighted by Gasteiger charge is 2.32. The molecule has 1 saturated carbocycles. The quantitative estimate of drug-likeness (QED) is 0.423. The van der Waals surface area contributed by atoms with E-state index in [2.05, 4.69) is 41.1 Å². The van der Waals surface area contributed by atoms with Crippen molar-refractivity contribution in [2.75, 3.05) is 17.3 Å². The Hall–Kier alpha value is -3.66. The molecule has 3 aromatic rings. The molecule has 33 heavy (non-hydrogen) atoms. The monoisotopic (exact) mass is 448 g/mol. The Bertz CT molecular complexity index is 1100. The van der Waals surface area contributed by atoms with E-state index in [-0.39, 0.29) is 5.91 Å². The van der Waals surface area contributed by atoms with Gasteiger partial charge in [0.1, 0.15) is 5.82 Å². The molecule has 1 aliphatic rings. The number of carbonyl (C=O) groups excluding carboxylic acids is 1. The summed E-state index contributed by atoms with van der Waals surface area (Å²) in [6.07, 6.45) is 9.99. The first-order chi connectivity index (χ1) is 16.0. The van der Waals surface area contributed by atoms with Crippen molar-refractivity contribution in [3.05, 3.63) is 48.7 Å². The maximum Gasteiger partial charge on any atom is 0.237 e. The van der Waals surface area contributed by atoms with Crippen LogP contribution in [0, 0.1) is 0 Å². The van der Waals surface area contributed by atoms with Crippen LogP contribution in [0.5, 0.6) is 5.88 Å². The fourth-order valence-corrected chi connectivity index (χ4v) is 3.20. The normalized spacial score (nSPS) is 13.8. The van der Waals surface area contributed by atoms with E-state index in [1.165, 1.54) is 6.42 Å². The van der Waals surface area contributed by atoms with E-state index in [0.717, 1.165) is 18.4 Å². The summed E-state index contributed by atoms with van der Waals surface area (Å²) in [5.74, 6) is 1.11. The molecule has 172 valence electrons. The molecule has 10 heteroatoms. The third kappa shape index (κ3) is 5.40. The van der Waals surface area contributed by atoms with Gasteiger partial charge in [0.25, 0.3) is 0 Å². The summed E-state index contributed by atoms with van der Waals surface area (Å²) in [5.41, 5.74) is 7.38. The maximum atomic E-state index is 13.1. The standard InChI is InChI=1S/C23H28N8O2/c1-4-33-20-14-24-13-17(27-20)15-8-9-19(26-12-15)29-21(32)23(2,3)18-10-11-25-22(28-18)31-30-16-6-5-7-16/h8-14,16,30H,4-7H2,1-3H3,(H,25,28,31)(H,26,29,32). The predicted octanol–water partition coefficient (Wildman–Crippen LogP) is 3.11. The lowest BCUT2D eigenvalue weighted by molar-refractivity contribution is -0.120. The molecule has 0 aliphatic heterocycles. The Labute approximate surface area is 192 Å². The third-order valence-corrected chi connectivity index (χ3v) is 5.56. The van der Waals surface area contributed by atoms with Gasteiger partial charge in [-0.1, -0.05) is 6.42 Å². The SMILES string of the molecule is CCOc1cncc(-c2ccc(NC(=O)C(C)(C)c3ccnc(NNC4CCC4)n3)nc2)n1. The van der Waals surface area contributed by atoms with Gasteiger partial charge in [0.05, 0.1) is 35.8 Å². The summed E-state index contributed by atoms with van der Waals surface area (Å²) in [6, 6.07) is 5.74. The number of aromatic nitrogens is 5. The van der Waals surface area contributed by atoms with E-state index in [1.807, 2.05) is 26.8 Å². The van der Waals surface area contributed by atoms with Gasteiger partial charge in [0.2, 0.25) is 17.7 Å². The summed E-state index contributed by atoms with van der Waals surface area (Å²) < 4.78 is 5.40. The van der Waals surface area contributed by atoms with Crippen LogP contribution in [-0.4, -0.2) is 43.5 Å². The average Bonchev–Trinajstić information content (AvgIpc) is 2.79. The second-order valence-electron chi connectivity index (χ2n) is 8.35. The van der Waals surface area contributed by atoms with Crippen LogP contribution < -0.4 is 20.9 Å². The van der Waals surface area contributed by atoms with Gasteiger partial charge in [-0.3, -0.25) is 15.2 Å². The van der Waals surface area contributed by atoms with Gasteiger partial charge in [0.15, 0.2) is 0 Å². The molecule has 1 amide bonds. The van der Waals surface area contributed by atoms with E-state index >= 15 is 0 Å². The number of hydrazine groups is 1. The van der Waals surface area contributed by atoms with E-state index in [1.54, 1.807) is 36.9 Å². The summed E-state index contributed by atoms with van der Waals surface area (Å²) in [5, 5.41) is 2.87. The minimum Gasteiger partial charge on any atom is -0.477 e. The lowest BCUT2D eigenvalue weighted by Crippen LogP contribution is -2.40. The molecule has 0 radical (unpaired) electrons. The van der Waals surface area contributed by atoms with Crippen molar-refractivity contribution in [2.45, 2.75) is 51.5 Å². The van der Waals surface area contributed by atoms with E-state index in [4.69, 9.17) is 4.74 Å². The molecule has 1 fully saturated rings. The molecule has 0 atom stereocenters. The van der Waals surface area contributed by atoms with Crippen LogP contribution in [0.2, 0.25) is 0 Å². The number of anilines is 2. The lowest BCUT2D eigenvalue weighted by Gasteiger charge is -2.27. The predicted molar refractivity (Wildman–Crippen MR) is 125 cm³/mol. The fourth-order valence-electron chi connectivity index (χ4n) is 3.20. The largest absolute Gasteiger partial charge is 0.477 e. The number of rotatable bonds is 9. The molecule has 1 aliphatic carbocycles. The molecule has 4 rings (SSSR count). The number of pyridine rings is 1. The molecular formula is C23H28N8O2. The second kappa shape index (κ2) is 9.86. The number of nitrogens with zero attached hydrogens (tertiary/aromatic N) is 5. The first-order valence-corrected chi connectivity index (χ1v) is 11.0. The summed E-state index contributed by atoms with van der Waals surface area (Å²) in [4.78, 5) is 34.7. The minimum atomic E-state index is -0.895.